The van der Waals surface area contributed by atoms with Gasteiger partial charge in [0, 0.05) is 5.56 Å². The van der Waals surface area contributed by atoms with Gasteiger partial charge in [-0.2, -0.15) is 0 Å². The van der Waals surface area contributed by atoms with Crippen LogP contribution < -0.4 is 0 Å². The second-order valence-electron chi connectivity index (χ2n) is 2.43. The fourth-order valence-electron chi connectivity index (χ4n) is 0.930. The van der Waals surface area contributed by atoms with Crippen molar-refractivity contribution in [2.24, 2.45) is 0 Å². The molecule has 0 unspecified atom stereocenters. The lowest BCUT2D eigenvalue weighted by Gasteiger charge is -1.94. The van der Waals surface area contributed by atoms with Crippen molar-refractivity contribution in [3.05, 3.63) is 41.7 Å². The molecule has 1 aliphatic heterocycles. The van der Waals surface area contributed by atoms with Crippen molar-refractivity contribution in [1.82, 2.24) is 0 Å². The average molecular weight is 148 g/mol. The fraction of sp³-hybridized carbons (Fsp3) is 0.111. The molecule has 11 heavy (non-hydrogen) atoms. The second kappa shape index (κ2) is 2.31. The summed E-state index contributed by atoms with van der Waals surface area (Å²) in [6, 6.07) is 9.38. The highest BCUT2D eigenvalue weighted by Crippen LogP contribution is 2.24. The highest BCUT2D eigenvalue weighted by molar-refractivity contribution is 5.62. The van der Waals surface area contributed by atoms with Gasteiger partial charge < -0.3 is 9.84 Å². The molecule has 0 amide bonds. The summed E-state index contributed by atoms with van der Waals surface area (Å²) in [5.41, 5.74) is 0.819. The number of epoxide rings is 1. The summed E-state index contributed by atoms with van der Waals surface area (Å²) in [5.74, 6) is 0.960. The van der Waals surface area contributed by atoms with Crippen LogP contribution in [0.1, 0.15) is 5.56 Å². The van der Waals surface area contributed by atoms with Gasteiger partial charge in [0.05, 0.1) is 0 Å². The Morgan fingerprint density at radius 2 is 1.91 bits per heavy atom. The van der Waals surface area contributed by atoms with E-state index in [0.29, 0.717) is 12.4 Å². The molecule has 1 N–H and O–H groups in total. The summed E-state index contributed by atoms with van der Waals surface area (Å²) in [5, 5.41) is 9.41. The first-order valence-corrected chi connectivity index (χ1v) is 3.48. The topological polar surface area (TPSA) is 32.8 Å². The van der Waals surface area contributed by atoms with Crippen molar-refractivity contribution in [3.63, 3.8) is 0 Å². The third-order valence-corrected chi connectivity index (χ3v) is 1.60. The molecule has 0 aliphatic carbocycles. The van der Waals surface area contributed by atoms with Crippen LogP contribution in [-0.2, 0) is 4.74 Å². The van der Waals surface area contributed by atoms with Gasteiger partial charge >= 0.3 is 0 Å². The van der Waals surface area contributed by atoms with Crippen LogP contribution in [-0.4, -0.2) is 11.7 Å². The lowest BCUT2D eigenvalue weighted by atomic mass is 10.2. The first kappa shape index (κ1) is 6.28. The molecule has 0 saturated carbocycles. The van der Waals surface area contributed by atoms with Crippen LogP contribution >= 0.6 is 0 Å². The number of aliphatic hydroxyl groups is 1. The van der Waals surface area contributed by atoms with E-state index in [1.54, 1.807) is 0 Å². The van der Waals surface area contributed by atoms with Gasteiger partial charge in [0.1, 0.15) is 6.61 Å². The summed E-state index contributed by atoms with van der Waals surface area (Å²) in [4.78, 5) is 0. The molecular weight excluding hydrogens is 140 g/mol. The summed E-state index contributed by atoms with van der Waals surface area (Å²) in [6.45, 7) is 0.570. The zero-order valence-electron chi connectivity index (χ0n) is 5.95. The predicted octanol–water partition coefficient (Wildman–Crippen LogP) is 1.94. The first-order chi connectivity index (χ1) is 5.38. The predicted molar refractivity (Wildman–Crippen MR) is 41.9 cm³/mol. The van der Waals surface area contributed by atoms with Crippen molar-refractivity contribution in [2.45, 2.75) is 0 Å². The van der Waals surface area contributed by atoms with Gasteiger partial charge in [0.25, 0.3) is 0 Å². The highest BCUT2D eigenvalue weighted by Gasteiger charge is 2.20. The summed E-state index contributed by atoms with van der Waals surface area (Å²) in [6.07, 6.45) is 0. The molecule has 1 fully saturated rings. The number of hydrogen-bond donors (Lipinski definition) is 1. The van der Waals surface area contributed by atoms with Gasteiger partial charge in [0.15, 0.2) is 11.5 Å². The molecular formula is C9H8O2. The molecule has 2 rings (SSSR count). The monoisotopic (exact) mass is 148 g/mol. The highest BCUT2D eigenvalue weighted by atomic mass is 16.6. The zero-order valence-corrected chi connectivity index (χ0v) is 5.95. The van der Waals surface area contributed by atoms with Crippen LogP contribution in [0.2, 0.25) is 0 Å². The fourth-order valence-corrected chi connectivity index (χ4v) is 0.930. The van der Waals surface area contributed by atoms with Crippen molar-refractivity contribution in [2.75, 3.05) is 6.61 Å². The van der Waals surface area contributed by atoms with E-state index < -0.39 is 0 Å². The van der Waals surface area contributed by atoms with Gasteiger partial charge in [-0.05, 0) is 0 Å². The maximum absolute atomic E-state index is 9.41. The lowest BCUT2D eigenvalue weighted by Crippen LogP contribution is -1.80. The molecule has 0 radical (unpaired) electrons. The van der Waals surface area contributed by atoms with Crippen molar-refractivity contribution >= 4 is 5.76 Å². The minimum atomic E-state index is 0.269. The standard InChI is InChI=1S/C9H8O2/c10-9(8-6-11-8)7-4-2-1-3-5-7/h1-5,10H,6H2/b9-8-. The van der Waals surface area contributed by atoms with E-state index >= 15 is 0 Å². The van der Waals surface area contributed by atoms with Crippen molar-refractivity contribution in [3.8, 4) is 0 Å². The quantitative estimate of drug-likeness (QED) is 0.487. The third kappa shape index (κ3) is 1.19. The van der Waals surface area contributed by atoms with Gasteiger partial charge in [-0.3, -0.25) is 0 Å². The van der Waals surface area contributed by atoms with Crippen molar-refractivity contribution < 1.29 is 9.84 Å². The van der Waals surface area contributed by atoms with E-state index in [1.165, 1.54) is 0 Å². The Balaban J connectivity index is 2.37. The largest absolute Gasteiger partial charge is 0.504 e. The average Bonchev–Trinajstić information content (AvgIpc) is 2.87. The SMILES string of the molecule is O/C(=C1/CO1)c1ccccc1. The summed E-state index contributed by atoms with van der Waals surface area (Å²) >= 11 is 0. The molecule has 1 aromatic carbocycles. The number of ether oxygens (including phenoxy) is 1. The molecule has 0 aromatic heterocycles. The normalized spacial score (nSPS) is 18.9. The molecule has 56 valence electrons. The minimum Gasteiger partial charge on any atom is -0.504 e. The Morgan fingerprint density at radius 3 is 2.45 bits per heavy atom. The van der Waals surface area contributed by atoms with Gasteiger partial charge in [-0.25, -0.2) is 0 Å². The molecule has 1 aliphatic rings. The number of aliphatic hydroxyl groups excluding tert-OH is 1. The van der Waals surface area contributed by atoms with Crippen LogP contribution in [0, 0.1) is 0 Å². The maximum Gasteiger partial charge on any atom is 0.176 e. The molecule has 1 saturated heterocycles. The van der Waals surface area contributed by atoms with E-state index in [1.807, 2.05) is 30.3 Å². The van der Waals surface area contributed by atoms with Gasteiger partial charge in [-0.15, -0.1) is 0 Å². The third-order valence-electron chi connectivity index (χ3n) is 1.60. The Labute approximate surface area is 64.7 Å². The van der Waals surface area contributed by atoms with Crippen molar-refractivity contribution in [1.29, 1.82) is 0 Å². The van der Waals surface area contributed by atoms with Crippen LogP contribution in [0.5, 0.6) is 0 Å². The summed E-state index contributed by atoms with van der Waals surface area (Å²) < 4.78 is 4.85. The van der Waals surface area contributed by atoms with Crippen LogP contribution in [0.3, 0.4) is 0 Å². The zero-order chi connectivity index (χ0) is 7.68. The molecule has 0 spiro atoms. The molecule has 1 heterocycles. The van der Waals surface area contributed by atoms with E-state index in [9.17, 15) is 5.11 Å². The lowest BCUT2D eigenvalue weighted by molar-refractivity contribution is 0.470. The second-order valence-corrected chi connectivity index (χ2v) is 2.43. The Morgan fingerprint density at radius 1 is 1.27 bits per heavy atom. The molecule has 0 atom stereocenters. The minimum absolute atomic E-state index is 0.269. The van der Waals surface area contributed by atoms with Crippen LogP contribution in [0.4, 0.5) is 0 Å². The Kier molecular flexibility index (Phi) is 1.32. The smallest absolute Gasteiger partial charge is 0.176 e. The number of benzene rings is 1. The van der Waals surface area contributed by atoms with Crippen LogP contribution in [0.15, 0.2) is 36.1 Å². The van der Waals surface area contributed by atoms with Gasteiger partial charge in [-0.1, -0.05) is 30.3 Å². The van der Waals surface area contributed by atoms with Crippen LogP contribution in [0.25, 0.3) is 5.76 Å². The maximum atomic E-state index is 9.41. The molecule has 2 nitrogen and oxygen atoms in total. The number of hydrogen-bond acceptors (Lipinski definition) is 2. The first-order valence-electron chi connectivity index (χ1n) is 3.48. The van der Waals surface area contributed by atoms with E-state index in [4.69, 9.17) is 4.74 Å². The Bertz CT molecular complexity index is 282. The molecule has 2 heteroatoms. The molecule has 0 bridgehead atoms. The molecule has 1 aromatic rings. The van der Waals surface area contributed by atoms with E-state index in [2.05, 4.69) is 0 Å². The van der Waals surface area contributed by atoms with Gasteiger partial charge in [0.2, 0.25) is 0 Å². The Hall–Kier alpha value is -1.44. The van der Waals surface area contributed by atoms with E-state index in [-0.39, 0.29) is 5.76 Å². The number of rotatable bonds is 1. The summed E-state index contributed by atoms with van der Waals surface area (Å²) in [7, 11) is 0. The van der Waals surface area contributed by atoms with E-state index in [0.717, 1.165) is 5.56 Å².